The van der Waals surface area contributed by atoms with Crippen LogP contribution in [-0.4, -0.2) is 15.0 Å². The maximum Gasteiger partial charge on any atom is 0.165 e. The van der Waals surface area contributed by atoms with Crippen LogP contribution >= 0.6 is 0 Å². The van der Waals surface area contributed by atoms with E-state index in [1.54, 1.807) is 0 Å². The highest BCUT2D eigenvalue weighted by atomic mass is 16.3. The molecule has 53 heavy (non-hydrogen) atoms. The third-order valence-corrected chi connectivity index (χ3v) is 9.81. The van der Waals surface area contributed by atoms with E-state index in [1.165, 1.54) is 5.39 Å². The van der Waals surface area contributed by atoms with Gasteiger partial charge < -0.3 is 4.42 Å². The third-order valence-electron chi connectivity index (χ3n) is 9.81. The summed E-state index contributed by atoms with van der Waals surface area (Å²) in [4.78, 5) is 15.3. The van der Waals surface area contributed by atoms with Crippen LogP contribution in [0, 0.1) is 12.1 Å². The summed E-state index contributed by atoms with van der Waals surface area (Å²) >= 11 is 0. The Morgan fingerprint density at radius 3 is 1.64 bits per heavy atom. The molecule has 0 unspecified atom stereocenters. The van der Waals surface area contributed by atoms with Crippen LogP contribution in [0.4, 0.5) is 0 Å². The van der Waals surface area contributed by atoms with Gasteiger partial charge in [-0.3, -0.25) is 0 Å². The van der Waals surface area contributed by atoms with Crippen molar-refractivity contribution in [3.63, 3.8) is 0 Å². The average Bonchev–Trinajstić information content (AvgIpc) is 3.60. The quantitative estimate of drug-likeness (QED) is 0.176. The minimum atomic E-state index is 0.574. The van der Waals surface area contributed by atoms with Crippen molar-refractivity contribution >= 4 is 32.7 Å². The summed E-state index contributed by atoms with van der Waals surface area (Å²) in [7, 11) is 0. The fourth-order valence-electron chi connectivity index (χ4n) is 7.10. The summed E-state index contributed by atoms with van der Waals surface area (Å²) in [5.41, 5.74) is 10.9. The molecule has 0 saturated heterocycles. The zero-order valence-corrected chi connectivity index (χ0v) is 28.5. The van der Waals surface area contributed by atoms with Crippen molar-refractivity contribution in [2.75, 3.05) is 0 Å². The predicted octanol–water partition coefficient (Wildman–Crippen LogP) is 12.5. The van der Waals surface area contributed by atoms with Crippen molar-refractivity contribution in [2.45, 2.75) is 0 Å². The van der Waals surface area contributed by atoms with Gasteiger partial charge in [0.05, 0.1) is 0 Å². The van der Waals surface area contributed by atoms with Crippen LogP contribution in [0.5, 0.6) is 0 Å². The lowest BCUT2D eigenvalue weighted by Crippen LogP contribution is -2.01. The molecule has 4 nitrogen and oxygen atoms in total. The summed E-state index contributed by atoms with van der Waals surface area (Å²) in [6.45, 7) is 0. The van der Waals surface area contributed by atoms with Gasteiger partial charge in [-0.1, -0.05) is 146 Å². The molecule has 0 aliphatic heterocycles. The van der Waals surface area contributed by atoms with E-state index in [2.05, 4.69) is 152 Å². The first-order valence-electron chi connectivity index (χ1n) is 17.6. The molecule has 2 heterocycles. The Balaban J connectivity index is 1.10. The Labute approximate surface area is 306 Å². The van der Waals surface area contributed by atoms with Crippen LogP contribution in [0.15, 0.2) is 180 Å². The van der Waals surface area contributed by atoms with Gasteiger partial charge >= 0.3 is 0 Å². The highest BCUT2D eigenvalue weighted by molar-refractivity contribution is 6.11. The molecule has 10 aromatic rings. The Morgan fingerprint density at radius 2 is 0.868 bits per heavy atom. The molecule has 0 fully saturated rings. The Morgan fingerprint density at radius 1 is 0.340 bits per heavy atom. The smallest absolute Gasteiger partial charge is 0.165 e. The van der Waals surface area contributed by atoms with Gasteiger partial charge in [0.2, 0.25) is 0 Å². The molecule has 0 spiro atoms. The predicted molar refractivity (Wildman–Crippen MR) is 215 cm³/mol. The zero-order valence-electron chi connectivity index (χ0n) is 28.5. The SMILES string of the molecule is c1cc(-c2ccccc2)c(-c2nc(-c3ccc(-c4ccccc4)cc3)nc(-c3cccc(-c4ccc5oc6cc7ccccc7cc6c5c4)c3)n2)cc#1. The molecular formula is C49H29N3O. The highest BCUT2D eigenvalue weighted by Crippen LogP contribution is 2.37. The molecule has 2 aromatic heterocycles. The molecule has 0 atom stereocenters. The topological polar surface area (TPSA) is 51.8 Å². The monoisotopic (exact) mass is 675 g/mol. The first-order chi connectivity index (χ1) is 26.2. The van der Waals surface area contributed by atoms with Crippen LogP contribution in [0.2, 0.25) is 0 Å². The minimum absolute atomic E-state index is 0.574. The third kappa shape index (κ3) is 5.67. The van der Waals surface area contributed by atoms with Crippen LogP contribution in [0.3, 0.4) is 0 Å². The largest absolute Gasteiger partial charge is 0.456 e. The minimum Gasteiger partial charge on any atom is -0.456 e. The number of rotatable bonds is 6. The fraction of sp³-hybridized carbons (Fsp3) is 0. The summed E-state index contributed by atoms with van der Waals surface area (Å²) in [5, 5.41) is 4.55. The van der Waals surface area contributed by atoms with Gasteiger partial charge in [0.1, 0.15) is 11.2 Å². The normalized spacial score (nSPS) is 11.2. The fourth-order valence-corrected chi connectivity index (χ4v) is 7.10. The van der Waals surface area contributed by atoms with Crippen molar-refractivity contribution in [1.29, 1.82) is 0 Å². The number of aromatic nitrogens is 3. The molecule has 0 bridgehead atoms. The van der Waals surface area contributed by atoms with E-state index in [9.17, 15) is 0 Å². The van der Waals surface area contributed by atoms with E-state index in [1.807, 2.05) is 36.4 Å². The maximum atomic E-state index is 6.30. The summed E-state index contributed by atoms with van der Waals surface area (Å²) in [6, 6.07) is 66.7. The average molecular weight is 676 g/mol. The van der Waals surface area contributed by atoms with Gasteiger partial charge in [0.25, 0.3) is 0 Å². The lowest BCUT2D eigenvalue weighted by atomic mass is 9.99. The van der Waals surface area contributed by atoms with E-state index in [-0.39, 0.29) is 0 Å². The van der Waals surface area contributed by atoms with E-state index < -0.39 is 0 Å². The first-order valence-corrected chi connectivity index (χ1v) is 17.6. The molecule has 0 N–H and O–H groups in total. The van der Waals surface area contributed by atoms with E-state index in [0.717, 1.165) is 77.4 Å². The van der Waals surface area contributed by atoms with Crippen molar-refractivity contribution in [2.24, 2.45) is 0 Å². The number of hydrogen-bond donors (Lipinski definition) is 0. The molecule has 0 saturated carbocycles. The van der Waals surface area contributed by atoms with Crippen LogP contribution in [0.1, 0.15) is 0 Å². The second-order valence-electron chi connectivity index (χ2n) is 13.1. The van der Waals surface area contributed by atoms with Crippen molar-refractivity contribution in [3.05, 3.63) is 188 Å². The van der Waals surface area contributed by atoms with Crippen LogP contribution in [0.25, 0.3) is 100 Å². The van der Waals surface area contributed by atoms with Crippen LogP contribution in [-0.2, 0) is 0 Å². The van der Waals surface area contributed by atoms with E-state index >= 15 is 0 Å². The van der Waals surface area contributed by atoms with Gasteiger partial charge in [-0.05, 0) is 75.0 Å². The summed E-state index contributed by atoms with van der Waals surface area (Å²) in [6.07, 6.45) is 0. The van der Waals surface area contributed by atoms with Gasteiger partial charge in [0.15, 0.2) is 17.5 Å². The van der Waals surface area contributed by atoms with Gasteiger partial charge in [-0.25, -0.2) is 15.0 Å². The molecule has 0 aliphatic rings. The molecule has 0 radical (unpaired) electrons. The van der Waals surface area contributed by atoms with Gasteiger partial charge in [-0.15, -0.1) is 0 Å². The molecule has 0 aliphatic carbocycles. The lowest BCUT2D eigenvalue weighted by molar-refractivity contribution is 0.669. The molecule has 0 amide bonds. The van der Waals surface area contributed by atoms with E-state index in [4.69, 9.17) is 19.4 Å². The van der Waals surface area contributed by atoms with Crippen molar-refractivity contribution in [3.8, 4) is 67.5 Å². The lowest BCUT2D eigenvalue weighted by Gasteiger charge is -2.12. The van der Waals surface area contributed by atoms with Crippen molar-refractivity contribution < 1.29 is 4.42 Å². The highest BCUT2D eigenvalue weighted by Gasteiger charge is 2.17. The van der Waals surface area contributed by atoms with E-state index in [0.29, 0.717) is 17.5 Å². The van der Waals surface area contributed by atoms with Gasteiger partial charge in [0, 0.05) is 39.1 Å². The Kier molecular flexibility index (Phi) is 7.34. The molecule has 10 rings (SSSR count). The molecular weight excluding hydrogens is 647 g/mol. The number of furan rings is 1. The standard InChI is InChI=1S/C49H29N3O/c1-3-12-32(13-4-1)33-22-24-35(25-23-33)47-50-48(52-49(51-47)42-21-10-9-20-41(42)34-14-5-2-6-15-34)40-19-11-18-36(28-40)39-26-27-45-43(30-39)44-29-37-16-7-8-17-38(37)31-46(44)53-45/h1-8,11-31H. The van der Waals surface area contributed by atoms with Gasteiger partial charge in [-0.2, -0.15) is 0 Å². The summed E-state index contributed by atoms with van der Waals surface area (Å²) < 4.78 is 6.30. The number of benzene rings is 7. The van der Waals surface area contributed by atoms with Crippen LogP contribution < -0.4 is 0 Å². The first kappa shape index (κ1) is 30.5. The number of fused-ring (bicyclic) bond motifs is 4. The number of hydrogen-bond acceptors (Lipinski definition) is 4. The second kappa shape index (κ2) is 12.8. The van der Waals surface area contributed by atoms with Crippen molar-refractivity contribution in [1.82, 2.24) is 15.0 Å². The molecule has 4 heteroatoms. The molecule has 8 aromatic carbocycles. The zero-order chi connectivity index (χ0) is 35.1. The summed E-state index contributed by atoms with van der Waals surface area (Å²) in [5.74, 6) is 1.76. The molecule has 246 valence electrons. The Bertz CT molecular complexity index is 2930. The maximum absolute atomic E-state index is 6.30. The second-order valence-corrected chi connectivity index (χ2v) is 13.1. The Hall–Kier alpha value is -7.35. The number of nitrogens with zero attached hydrogens (tertiary/aromatic N) is 3.